The second kappa shape index (κ2) is 27.7. The fourth-order valence-corrected chi connectivity index (χ4v) is 19.2. The molecule has 0 N–H and O–H groups in total. The maximum atomic E-state index is 5.22. The van der Waals surface area contributed by atoms with Crippen molar-refractivity contribution in [1.82, 2.24) is 39.0 Å². The van der Waals surface area contributed by atoms with Gasteiger partial charge in [0.15, 0.2) is 34.9 Å². The van der Waals surface area contributed by atoms with Crippen LogP contribution < -0.4 is 0 Å². The van der Waals surface area contributed by atoms with Gasteiger partial charge >= 0.3 is 0 Å². The van der Waals surface area contributed by atoms with Gasteiger partial charge in [-0.2, -0.15) is 0 Å². The van der Waals surface area contributed by atoms with Crippen molar-refractivity contribution < 1.29 is 0 Å². The third-order valence-electron chi connectivity index (χ3n) is 22.1. The van der Waals surface area contributed by atoms with E-state index in [4.69, 9.17) is 29.9 Å². The Labute approximate surface area is 663 Å². The zero-order chi connectivity index (χ0) is 75.2. The number of nitrogens with zero attached hydrogens (tertiary/aromatic N) is 8. The van der Waals surface area contributed by atoms with Gasteiger partial charge in [0.2, 0.25) is 0 Å². The molecule has 0 saturated heterocycles. The van der Waals surface area contributed by atoms with Gasteiger partial charge < -0.3 is 9.13 Å². The molecule has 0 atom stereocenters. The van der Waals surface area contributed by atoms with Crippen LogP contribution in [0.5, 0.6) is 0 Å². The molecular weight excluding hydrogens is 1430 g/mol. The molecule has 0 bridgehead atoms. The van der Waals surface area contributed by atoms with Crippen molar-refractivity contribution in [3.63, 3.8) is 0 Å². The van der Waals surface area contributed by atoms with Crippen LogP contribution in [-0.4, -0.2) is 39.0 Å². The minimum absolute atomic E-state index is 0.636. The normalized spacial score (nSPS) is 11.7. The fraction of sp³-hybridized carbons (Fsp3) is 0. The highest BCUT2D eigenvalue weighted by Gasteiger charge is 2.24. The summed E-state index contributed by atoms with van der Waals surface area (Å²) >= 11 is 3.64. The lowest BCUT2D eigenvalue weighted by Crippen LogP contribution is -2.01. The Morgan fingerprint density at radius 3 is 0.947 bits per heavy atom. The van der Waals surface area contributed by atoms with Crippen LogP contribution in [0.4, 0.5) is 0 Å². The molecule has 17 aromatic carbocycles. The van der Waals surface area contributed by atoms with Crippen LogP contribution >= 0.6 is 22.7 Å². The standard InChI is InChI=1S/C55H34N4S.C49H30N4S/c1-3-16-36(17-4-1)53-56-54(37-18-5-2-6-19-37)58-55(57-53)40-22-13-21-38(31-40)47-33-41(34-48-46-25-10-12-28-51(46)60-52(47)48)59-49-27-11-9-24-44(49)45-30-29-39(32-50(45)59)43-26-14-20-35-15-7-8-23-42(35)43;1-3-15-32(16-4-1)47-50-48(33-17-5-2-6-18-33)52-49(51-47)42-30-35(29-41-40-22-10-12-25-45(40)54-46(41)42)53-43-24-11-9-21-38(43)39-27-26-34(28-44(39)53)37-23-13-19-31-14-7-8-20-36(31)37/h1-34H;1-30H. The van der Waals surface area contributed by atoms with Crippen LogP contribution in [0, 0.1) is 0 Å². The smallest absolute Gasteiger partial charge is 0.165 e. The van der Waals surface area contributed by atoms with E-state index in [1.165, 1.54) is 118 Å². The summed E-state index contributed by atoms with van der Waals surface area (Å²) in [5.41, 5.74) is 19.6. The van der Waals surface area contributed by atoms with E-state index < -0.39 is 0 Å². The molecule has 23 rings (SSSR count). The molecule has 532 valence electrons. The topological polar surface area (TPSA) is 87.2 Å². The third kappa shape index (κ3) is 11.6. The molecule has 6 aromatic heterocycles. The van der Waals surface area contributed by atoms with Gasteiger partial charge in [0.05, 0.1) is 22.1 Å². The molecule has 0 unspecified atom stereocenters. The van der Waals surface area contributed by atoms with Crippen molar-refractivity contribution in [2.24, 2.45) is 0 Å². The van der Waals surface area contributed by atoms with E-state index in [0.29, 0.717) is 34.9 Å². The van der Waals surface area contributed by atoms with Crippen molar-refractivity contribution in [2.45, 2.75) is 0 Å². The van der Waals surface area contributed by atoms with E-state index in [0.717, 1.165) is 66.1 Å². The average molecular weight is 1490 g/mol. The lowest BCUT2D eigenvalue weighted by atomic mass is 9.97. The Morgan fingerprint density at radius 1 is 0.175 bits per heavy atom. The van der Waals surface area contributed by atoms with Gasteiger partial charge in [0.1, 0.15) is 0 Å². The number of aromatic nitrogens is 8. The van der Waals surface area contributed by atoms with Crippen molar-refractivity contribution in [1.29, 1.82) is 0 Å². The van der Waals surface area contributed by atoms with E-state index in [2.05, 4.69) is 300 Å². The fourth-order valence-electron chi connectivity index (χ4n) is 16.7. The first-order valence-corrected chi connectivity index (χ1v) is 39.9. The molecular formula is C104H64N8S2. The first-order chi connectivity index (χ1) is 56.5. The Morgan fingerprint density at radius 2 is 0.491 bits per heavy atom. The van der Waals surface area contributed by atoms with E-state index >= 15 is 0 Å². The summed E-state index contributed by atoms with van der Waals surface area (Å²) < 4.78 is 9.78. The molecule has 114 heavy (non-hydrogen) atoms. The molecule has 8 nitrogen and oxygen atoms in total. The molecule has 10 heteroatoms. The van der Waals surface area contributed by atoms with Gasteiger partial charge in [-0.3, -0.25) is 0 Å². The average Bonchev–Trinajstić information content (AvgIpc) is 1.57. The van der Waals surface area contributed by atoms with E-state index in [9.17, 15) is 0 Å². The second-order valence-corrected chi connectivity index (χ2v) is 30.9. The quantitative estimate of drug-likeness (QED) is 0.128. The van der Waals surface area contributed by atoms with Crippen LogP contribution in [0.15, 0.2) is 388 Å². The monoisotopic (exact) mass is 1490 g/mol. The lowest BCUT2D eigenvalue weighted by Gasteiger charge is -2.14. The molecule has 0 aliphatic heterocycles. The first kappa shape index (κ1) is 66.3. The van der Waals surface area contributed by atoms with Crippen molar-refractivity contribution >= 4 is 128 Å². The van der Waals surface area contributed by atoms with Crippen LogP contribution in [-0.2, 0) is 0 Å². The summed E-state index contributed by atoms with van der Waals surface area (Å²) in [6.07, 6.45) is 0. The number of thiophene rings is 2. The molecule has 0 aliphatic carbocycles. The molecule has 0 amide bonds. The number of hydrogen-bond acceptors (Lipinski definition) is 8. The van der Waals surface area contributed by atoms with Crippen molar-refractivity contribution in [3.05, 3.63) is 388 Å². The minimum atomic E-state index is 0.636. The Balaban J connectivity index is 0.000000140. The van der Waals surface area contributed by atoms with Crippen LogP contribution in [0.3, 0.4) is 0 Å². The van der Waals surface area contributed by atoms with Gasteiger partial charge in [-0.05, 0) is 116 Å². The largest absolute Gasteiger partial charge is 0.309 e. The predicted octanol–water partition coefficient (Wildman–Crippen LogP) is 28.0. The van der Waals surface area contributed by atoms with Gasteiger partial charge in [0.25, 0.3) is 0 Å². The van der Waals surface area contributed by atoms with Crippen LogP contribution in [0.2, 0.25) is 0 Å². The minimum Gasteiger partial charge on any atom is -0.309 e. The lowest BCUT2D eigenvalue weighted by molar-refractivity contribution is 1.07. The highest BCUT2D eigenvalue weighted by Crippen LogP contribution is 2.48. The number of fused-ring (bicyclic) bond motifs is 14. The number of benzene rings is 17. The SMILES string of the molecule is c1ccc(-c2nc(-c3ccccc3)nc(-c3cc(-n4c5ccccc5c5ccc(-c6cccc7ccccc67)cc54)cc4c3sc3ccccc34)n2)cc1.c1ccc(-c2nc(-c3ccccc3)nc(-c3cccc(-c4cc(-n5c6ccccc6c6ccc(-c7cccc8ccccc78)cc65)cc5c4sc4ccccc45)c3)n2)cc1. The summed E-state index contributed by atoms with van der Waals surface area (Å²) in [4.78, 5) is 30.6. The highest BCUT2D eigenvalue weighted by atomic mass is 32.1. The van der Waals surface area contributed by atoms with Crippen molar-refractivity contribution in [2.75, 3.05) is 0 Å². The summed E-state index contributed by atoms with van der Waals surface area (Å²) in [6.45, 7) is 0. The highest BCUT2D eigenvalue weighted by molar-refractivity contribution is 7.26. The zero-order valence-corrected chi connectivity index (χ0v) is 63.0. The summed E-state index contributed by atoms with van der Waals surface area (Å²) in [5.74, 6) is 3.88. The zero-order valence-electron chi connectivity index (χ0n) is 61.3. The van der Waals surface area contributed by atoms with Crippen LogP contribution in [0.25, 0.3) is 219 Å². The number of hydrogen-bond donors (Lipinski definition) is 0. The maximum Gasteiger partial charge on any atom is 0.165 e. The summed E-state index contributed by atoms with van der Waals surface area (Å²) in [6, 6.07) is 138. The summed E-state index contributed by atoms with van der Waals surface area (Å²) in [5, 5.41) is 14.7. The Bertz CT molecular complexity index is 7610. The third-order valence-corrected chi connectivity index (χ3v) is 24.5. The van der Waals surface area contributed by atoms with Gasteiger partial charge in [-0.25, -0.2) is 29.9 Å². The Kier molecular flexibility index (Phi) is 16.1. The van der Waals surface area contributed by atoms with E-state index in [1.54, 1.807) is 11.3 Å². The summed E-state index contributed by atoms with van der Waals surface area (Å²) in [7, 11) is 0. The molecule has 0 aliphatic rings. The molecule has 23 aromatic rings. The molecule has 0 saturated carbocycles. The molecule has 0 fully saturated rings. The molecule has 6 heterocycles. The maximum absolute atomic E-state index is 5.22. The number of rotatable bonds is 11. The van der Waals surface area contributed by atoms with E-state index in [1.807, 2.05) is 108 Å². The van der Waals surface area contributed by atoms with Crippen LogP contribution in [0.1, 0.15) is 0 Å². The molecule has 0 spiro atoms. The first-order valence-electron chi connectivity index (χ1n) is 38.3. The Hall–Kier alpha value is -14.7. The number of para-hydroxylation sites is 2. The molecule has 0 radical (unpaired) electrons. The second-order valence-electron chi connectivity index (χ2n) is 28.8. The van der Waals surface area contributed by atoms with Gasteiger partial charge in [0, 0.05) is 112 Å². The van der Waals surface area contributed by atoms with Crippen molar-refractivity contribution in [3.8, 4) is 113 Å². The van der Waals surface area contributed by atoms with Gasteiger partial charge in [-0.1, -0.05) is 322 Å². The van der Waals surface area contributed by atoms with Gasteiger partial charge in [-0.15, -0.1) is 22.7 Å². The predicted molar refractivity (Wildman–Crippen MR) is 478 cm³/mol. The van der Waals surface area contributed by atoms with E-state index in [-0.39, 0.29) is 0 Å².